The van der Waals surface area contributed by atoms with Crippen molar-refractivity contribution >= 4 is 23.2 Å². The highest BCUT2D eigenvalue weighted by Crippen LogP contribution is 2.25. The van der Waals surface area contributed by atoms with Crippen molar-refractivity contribution in [2.45, 2.75) is 40.2 Å². The third kappa shape index (κ3) is 4.04. The van der Waals surface area contributed by atoms with Crippen molar-refractivity contribution in [3.63, 3.8) is 0 Å². The van der Waals surface area contributed by atoms with Crippen molar-refractivity contribution in [3.05, 3.63) is 46.2 Å². The van der Waals surface area contributed by atoms with Crippen LogP contribution in [-0.2, 0) is 4.79 Å². The normalized spacial score (nSPS) is 16.0. The molecule has 3 rings (SSSR count). The summed E-state index contributed by atoms with van der Waals surface area (Å²) in [5, 5.41) is 5.26. The summed E-state index contributed by atoms with van der Waals surface area (Å²) in [5.41, 5.74) is 4.48. The number of nitrogens with zero attached hydrogens (tertiary/aromatic N) is 4. The summed E-state index contributed by atoms with van der Waals surface area (Å²) < 4.78 is 1.96. The number of aryl methyl sites for hydroxylation is 3. The van der Waals surface area contributed by atoms with E-state index in [1.807, 2.05) is 47.7 Å². The third-order valence-electron chi connectivity index (χ3n) is 5.08. The molecule has 140 valence electrons. The zero-order chi connectivity index (χ0) is 18.8. The summed E-state index contributed by atoms with van der Waals surface area (Å²) in [6.45, 7) is 11.3. The van der Waals surface area contributed by atoms with E-state index < -0.39 is 0 Å². The van der Waals surface area contributed by atoms with Gasteiger partial charge >= 0.3 is 0 Å². The van der Waals surface area contributed by atoms with Crippen LogP contribution in [0.1, 0.15) is 36.3 Å². The molecule has 1 aromatic carbocycles. The Hall–Kier alpha value is -2.01. The number of halogens is 1. The fourth-order valence-corrected chi connectivity index (χ4v) is 3.85. The van der Waals surface area contributed by atoms with E-state index in [0.29, 0.717) is 6.42 Å². The number of hydrogen-bond donors (Lipinski definition) is 0. The smallest absolute Gasteiger partial charge is 0.224 e. The van der Waals surface area contributed by atoms with Crippen molar-refractivity contribution in [1.82, 2.24) is 14.7 Å². The minimum atomic E-state index is 0.0735. The van der Waals surface area contributed by atoms with Gasteiger partial charge < -0.3 is 9.80 Å². The van der Waals surface area contributed by atoms with Crippen molar-refractivity contribution in [2.75, 3.05) is 31.1 Å². The molecule has 26 heavy (non-hydrogen) atoms. The van der Waals surface area contributed by atoms with Crippen LogP contribution in [0.3, 0.4) is 0 Å². The number of piperazine rings is 1. The average Bonchev–Trinajstić information content (AvgIpc) is 2.95. The van der Waals surface area contributed by atoms with Gasteiger partial charge in [-0.3, -0.25) is 9.48 Å². The Morgan fingerprint density at radius 2 is 1.85 bits per heavy atom. The maximum Gasteiger partial charge on any atom is 0.224 e. The first kappa shape index (κ1) is 18.8. The molecule has 1 aliphatic heterocycles. The number of hydrogen-bond acceptors (Lipinski definition) is 3. The second kappa shape index (κ2) is 7.70. The van der Waals surface area contributed by atoms with Crippen LogP contribution in [0.4, 0.5) is 5.69 Å². The average molecular weight is 375 g/mol. The first-order valence-corrected chi connectivity index (χ1v) is 9.54. The molecule has 5 nitrogen and oxygen atoms in total. The summed E-state index contributed by atoms with van der Waals surface area (Å²) in [6.07, 6.45) is 0.484. The van der Waals surface area contributed by atoms with Gasteiger partial charge in [-0.25, -0.2) is 0 Å². The van der Waals surface area contributed by atoms with E-state index in [4.69, 9.17) is 11.6 Å². The van der Waals surface area contributed by atoms with Crippen LogP contribution in [0.2, 0.25) is 5.02 Å². The fraction of sp³-hybridized carbons (Fsp3) is 0.500. The number of anilines is 1. The molecule has 0 N–H and O–H groups in total. The van der Waals surface area contributed by atoms with E-state index in [2.05, 4.69) is 23.8 Å². The molecule has 1 amide bonds. The fourth-order valence-electron chi connectivity index (χ4n) is 3.68. The highest BCUT2D eigenvalue weighted by Gasteiger charge is 2.24. The predicted octanol–water partition coefficient (Wildman–Crippen LogP) is 3.76. The number of carbonyl (C=O) groups excluding carboxylic acids is 1. The van der Waals surface area contributed by atoms with Crippen LogP contribution < -0.4 is 4.90 Å². The lowest BCUT2D eigenvalue weighted by atomic mass is 10.1. The molecule has 2 aromatic rings. The van der Waals surface area contributed by atoms with Gasteiger partial charge in [-0.1, -0.05) is 17.7 Å². The molecule has 0 spiro atoms. The number of amides is 1. The second-order valence-corrected chi connectivity index (χ2v) is 7.66. The van der Waals surface area contributed by atoms with Gasteiger partial charge in [0.25, 0.3) is 0 Å². The molecule has 0 saturated carbocycles. The summed E-state index contributed by atoms with van der Waals surface area (Å²) in [4.78, 5) is 17.0. The van der Waals surface area contributed by atoms with Crippen LogP contribution in [0, 0.1) is 20.8 Å². The number of benzene rings is 1. The Morgan fingerprint density at radius 3 is 2.46 bits per heavy atom. The van der Waals surface area contributed by atoms with Gasteiger partial charge in [0.15, 0.2) is 0 Å². The Balaban J connectivity index is 1.58. The summed E-state index contributed by atoms with van der Waals surface area (Å²) >= 11 is 6.15. The van der Waals surface area contributed by atoms with Gasteiger partial charge in [0.1, 0.15) is 0 Å². The van der Waals surface area contributed by atoms with Gasteiger partial charge in [0, 0.05) is 49.0 Å². The van der Waals surface area contributed by atoms with Crippen molar-refractivity contribution < 1.29 is 4.79 Å². The highest BCUT2D eigenvalue weighted by molar-refractivity contribution is 6.30. The molecular formula is C20H27ClN4O. The SMILES string of the molecule is Cc1cc(C)n([C@H](C)CC(=O)N2CCN(c3cc(Cl)ccc3C)CC2)n1. The first-order valence-electron chi connectivity index (χ1n) is 9.17. The summed E-state index contributed by atoms with van der Waals surface area (Å²) in [5.74, 6) is 0.201. The Labute approximate surface area is 160 Å². The lowest BCUT2D eigenvalue weighted by Gasteiger charge is -2.37. The second-order valence-electron chi connectivity index (χ2n) is 7.22. The summed E-state index contributed by atoms with van der Waals surface area (Å²) in [6, 6.07) is 8.10. The lowest BCUT2D eigenvalue weighted by Crippen LogP contribution is -2.49. The molecule has 1 aromatic heterocycles. The van der Waals surface area contributed by atoms with E-state index in [0.717, 1.165) is 42.6 Å². The standard InChI is InChI=1S/C20H27ClN4O/c1-14-5-6-18(21)13-19(14)23-7-9-24(10-8-23)20(26)12-17(4)25-16(3)11-15(2)22-25/h5-6,11,13,17H,7-10,12H2,1-4H3/t17-/m1/s1. The van der Waals surface area contributed by atoms with E-state index in [9.17, 15) is 4.79 Å². The minimum absolute atomic E-state index is 0.0735. The van der Waals surface area contributed by atoms with Crippen molar-refractivity contribution in [1.29, 1.82) is 0 Å². The molecule has 0 bridgehead atoms. The van der Waals surface area contributed by atoms with Gasteiger partial charge in [0.05, 0.1) is 11.7 Å². The van der Waals surface area contributed by atoms with Gasteiger partial charge in [-0.2, -0.15) is 5.10 Å². The van der Waals surface area contributed by atoms with Gasteiger partial charge in [-0.05, 0) is 51.5 Å². The molecule has 1 fully saturated rings. The van der Waals surface area contributed by atoms with Crippen LogP contribution in [0.5, 0.6) is 0 Å². The Kier molecular flexibility index (Phi) is 5.56. The molecule has 2 heterocycles. The Morgan fingerprint density at radius 1 is 1.15 bits per heavy atom. The maximum atomic E-state index is 12.7. The highest BCUT2D eigenvalue weighted by atomic mass is 35.5. The number of aromatic nitrogens is 2. The largest absolute Gasteiger partial charge is 0.368 e. The van der Waals surface area contributed by atoms with Crippen LogP contribution in [0.25, 0.3) is 0 Å². The van der Waals surface area contributed by atoms with E-state index >= 15 is 0 Å². The molecule has 1 saturated heterocycles. The minimum Gasteiger partial charge on any atom is -0.368 e. The van der Waals surface area contributed by atoms with E-state index in [1.54, 1.807) is 0 Å². The molecule has 0 radical (unpaired) electrons. The monoisotopic (exact) mass is 374 g/mol. The zero-order valence-corrected chi connectivity index (χ0v) is 16.8. The van der Waals surface area contributed by atoms with Gasteiger partial charge in [0.2, 0.25) is 5.91 Å². The first-order chi connectivity index (χ1) is 12.3. The zero-order valence-electron chi connectivity index (χ0n) is 16.0. The van der Waals surface area contributed by atoms with Crippen LogP contribution in [-0.4, -0.2) is 46.8 Å². The Bertz CT molecular complexity index is 793. The van der Waals surface area contributed by atoms with Crippen molar-refractivity contribution in [3.8, 4) is 0 Å². The molecule has 0 unspecified atom stereocenters. The molecule has 1 aliphatic rings. The number of rotatable bonds is 4. The molecule has 6 heteroatoms. The van der Waals surface area contributed by atoms with E-state index in [-0.39, 0.29) is 11.9 Å². The van der Waals surface area contributed by atoms with Crippen molar-refractivity contribution in [2.24, 2.45) is 0 Å². The van der Waals surface area contributed by atoms with E-state index in [1.165, 1.54) is 11.3 Å². The third-order valence-corrected chi connectivity index (χ3v) is 5.31. The van der Waals surface area contributed by atoms with Gasteiger partial charge in [-0.15, -0.1) is 0 Å². The predicted molar refractivity (Wildman–Crippen MR) is 106 cm³/mol. The quantitative estimate of drug-likeness (QED) is 0.818. The molecule has 1 atom stereocenters. The molecule has 0 aliphatic carbocycles. The molecular weight excluding hydrogens is 348 g/mol. The van der Waals surface area contributed by atoms with Crippen LogP contribution in [0.15, 0.2) is 24.3 Å². The lowest BCUT2D eigenvalue weighted by molar-refractivity contribution is -0.132. The van der Waals surface area contributed by atoms with Crippen LogP contribution >= 0.6 is 11.6 Å². The maximum absolute atomic E-state index is 12.7. The summed E-state index contributed by atoms with van der Waals surface area (Å²) in [7, 11) is 0. The number of carbonyl (C=O) groups is 1. The topological polar surface area (TPSA) is 41.4 Å².